The summed E-state index contributed by atoms with van der Waals surface area (Å²) in [5, 5.41) is 8.83. The van der Waals surface area contributed by atoms with Crippen molar-refractivity contribution in [3.63, 3.8) is 0 Å². The van der Waals surface area contributed by atoms with Gasteiger partial charge in [0.1, 0.15) is 6.16 Å². The highest BCUT2D eigenvalue weighted by Gasteiger charge is 2.26. The molecular weight excluding hydrogens is 231 g/mol. The van der Waals surface area contributed by atoms with Crippen molar-refractivity contribution in [3.8, 4) is 0 Å². The summed E-state index contributed by atoms with van der Waals surface area (Å²) in [6.45, 7) is 5.43. The summed E-state index contributed by atoms with van der Waals surface area (Å²) in [5.41, 5.74) is 0. The molecule has 0 fully saturated rings. The lowest BCUT2D eigenvalue weighted by atomic mass is 10.4. The van der Waals surface area contributed by atoms with Gasteiger partial charge in [-0.3, -0.25) is 9.36 Å². The van der Waals surface area contributed by atoms with Gasteiger partial charge >= 0.3 is 5.97 Å². The maximum Gasteiger partial charge on any atom is 0.317 e. The molecule has 0 aromatic rings. The molecule has 1 N–H and O–H groups in total. The van der Waals surface area contributed by atoms with Crippen LogP contribution in [0.5, 0.6) is 0 Å². The van der Waals surface area contributed by atoms with Gasteiger partial charge < -0.3 is 14.4 Å². The van der Waals surface area contributed by atoms with E-state index in [1.165, 1.54) is 6.92 Å². The molecule has 0 rings (SSSR count). The third-order valence-corrected chi connectivity index (χ3v) is 4.34. The molecule has 0 saturated carbocycles. The fourth-order valence-electron chi connectivity index (χ4n) is 1.05. The Kier molecular flexibility index (Phi) is 7.64. The summed E-state index contributed by atoms with van der Waals surface area (Å²) in [5.74, 6) is -0.684. The van der Waals surface area contributed by atoms with Crippen LogP contribution in [0.2, 0.25) is 0 Å². The molecule has 0 heterocycles. The number of aliphatic hydroxyl groups excluding tert-OH is 1. The minimum atomic E-state index is -2.93. The first-order valence-corrected chi connectivity index (χ1v) is 7.53. The summed E-state index contributed by atoms with van der Waals surface area (Å²) in [4.78, 5) is 11.2. The number of unbranched alkanes of at least 4 members (excludes halogenated alkanes) is 1. The van der Waals surface area contributed by atoms with Crippen LogP contribution >= 0.6 is 7.37 Å². The van der Waals surface area contributed by atoms with Gasteiger partial charge in [0.05, 0.1) is 6.61 Å². The van der Waals surface area contributed by atoms with Crippen LogP contribution in [0.3, 0.4) is 0 Å². The Morgan fingerprint density at radius 3 is 2.50 bits per heavy atom. The molecule has 5 nitrogen and oxygen atoms in total. The van der Waals surface area contributed by atoms with E-state index in [1.807, 2.05) is 6.92 Å². The Balaban J connectivity index is 4.14. The maximum atomic E-state index is 12.0. The molecule has 16 heavy (non-hydrogen) atoms. The number of rotatable bonds is 8. The highest BCUT2D eigenvalue weighted by atomic mass is 31.2. The Labute approximate surface area is 96.6 Å². The topological polar surface area (TPSA) is 72.8 Å². The van der Waals surface area contributed by atoms with Crippen LogP contribution in [0, 0.1) is 0 Å². The van der Waals surface area contributed by atoms with Crippen molar-refractivity contribution in [2.45, 2.75) is 39.9 Å². The lowest BCUT2D eigenvalue weighted by Crippen LogP contribution is -2.18. The van der Waals surface area contributed by atoms with Crippen LogP contribution < -0.4 is 0 Å². The number of ether oxygens (including phenoxy) is 1. The number of carbonyl (C=O) groups excluding carboxylic acids is 1. The lowest BCUT2D eigenvalue weighted by molar-refractivity contribution is -0.161. The van der Waals surface area contributed by atoms with E-state index in [0.717, 1.165) is 12.8 Å². The second-order valence-electron chi connectivity index (χ2n) is 3.56. The van der Waals surface area contributed by atoms with Crippen molar-refractivity contribution in [1.82, 2.24) is 0 Å². The van der Waals surface area contributed by atoms with Gasteiger partial charge in [-0.15, -0.1) is 0 Å². The second-order valence-corrected chi connectivity index (χ2v) is 6.40. The summed E-state index contributed by atoms with van der Waals surface area (Å²) in [6.07, 6.45) is 0.620. The fraction of sp³-hybridized carbons (Fsp3) is 0.900. The molecule has 0 aliphatic carbocycles. The van der Waals surface area contributed by atoms with E-state index in [-0.39, 0.29) is 6.16 Å². The highest BCUT2D eigenvalue weighted by molar-refractivity contribution is 7.59. The molecule has 0 aliphatic heterocycles. The molecule has 0 radical (unpaired) electrons. The number of esters is 1. The molecule has 0 aromatic heterocycles. The van der Waals surface area contributed by atoms with E-state index in [1.54, 1.807) is 6.92 Å². The van der Waals surface area contributed by atoms with Gasteiger partial charge in [0.25, 0.3) is 0 Å². The fourth-order valence-corrected chi connectivity index (χ4v) is 2.48. The largest absolute Gasteiger partial charge is 0.436 e. The zero-order valence-electron chi connectivity index (χ0n) is 10.1. The monoisotopic (exact) mass is 252 g/mol. The summed E-state index contributed by atoms with van der Waals surface area (Å²) in [7, 11) is -2.93. The predicted octanol–water partition coefficient (Wildman–Crippen LogP) is 1.98. The summed E-state index contributed by atoms with van der Waals surface area (Å²) < 4.78 is 21.8. The van der Waals surface area contributed by atoms with Crippen LogP contribution in [0.1, 0.15) is 33.6 Å². The van der Waals surface area contributed by atoms with E-state index >= 15 is 0 Å². The van der Waals surface area contributed by atoms with Gasteiger partial charge in [-0.2, -0.15) is 0 Å². The maximum absolute atomic E-state index is 12.0. The zero-order valence-corrected chi connectivity index (χ0v) is 11.0. The second kappa shape index (κ2) is 7.82. The van der Waals surface area contributed by atoms with Gasteiger partial charge in [-0.1, -0.05) is 20.3 Å². The zero-order chi connectivity index (χ0) is 12.6. The van der Waals surface area contributed by atoms with E-state index in [9.17, 15) is 9.36 Å². The molecule has 0 spiro atoms. The molecule has 0 aliphatic rings. The quantitative estimate of drug-likeness (QED) is 0.309. The van der Waals surface area contributed by atoms with Crippen LogP contribution in [0.4, 0.5) is 0 Å². The molecule has 0 saturated heterocycles. The smallest absolute Gasteiger partial charge is 0.317 e. The first-order chi connectivity index (χ1) is 7.43. The van der Waals surface area contributed by atoms with Crippen molar-refractivity contribution in [1.29, 1.82) is 0 Å². The van der Waals surface area contributed by atoms with Gasteiger partial charge in [0.15, 0.2) is 6.29 Å². The van der Waals surface area contributed by atoms with E-state index < -0.39 is 19.6 Å². The number of aliphatic hydroxyl groups is 1. The molecule has 0 amide bonds. The lowest BCUT2D eigenvalue weighted by Gasteiger charge is -2.16. The normalized spacial score (nSPS) is 16.5. The van der Waals surface area contributed by atoms with Crippen LogP contribution in [-0.2, 0) is 18.6 Å². The van der Waals surface area contributed by atoms with Crippen molar-refractivity contribution < 1.29 is 23.7 Å². The number of hydrogen-bond donors (Lipinski definition) is 1. The molecule has 6 heteroatoms. The Bertz CT molecular complexity index is 252. The average Bonchev–Trinajstić information content (AvgIpc) is 2.16. The Hall–Kier alpha value is -0.380. The Morgan fingerprint density at radius 2 is 2.06 bits per heavy atom. The highest BCUT2D eigenvalue weighted by Crippen LogP contribution is 2.46. The molecule has 2 unspecified atom stereocenters. The van der Waals surface area contributed by atoms with Crippen molar-refractivity contribution in [2.24, 2.45) is 0 Å². The molecule has 96 valence electrons. The summed E-state index contributed by atoms with van der Waals surface area (Å²) >= 11 is 0. The first kappa shape index (κ1) is 15.6. The standard InChI is InChI=1S/C10H21O5P/c1-4-6-7-14-16(13,5-2)8-10(12)15-9(3)11/h9,11H,4-8H2,1-3H3. The minimum absolute atomic E-state index is 0.266. The summed E-state index contributed by atoms with van der Waals surface area (Å²) in [6, 6.07) is 0. The van der Waals surface area contributed by atoms with Crippen LogP contribution in [-0.4, -0.2) is 36.3 Å². The van der Waals surface area contributed by atoms with Gasteiger partial charge in [0, 0.05) is 6.16 Å². The van der Waals surface area contributed by atoms with Crippen LogP contribution in [0.25, 0.3) is 0 Å². The number of hydrogen-bond acceptors (Lipinski definition) is 5. The number of carbonyl (C=O) groups is 1. The van der Waals surface area contributed by atoms with E-state index in [4.69, 9.17) is 9.63 Å². The van der Waals surface area contributed by atoms with Crippen molar-refractivity contribution in [3.05, 3.63) is 0 Å². The van der Waals surface area contributed by atoms with Crippen molar-refractivity contribution >= 4 is 13.3 Å². The van der Waals surface area contributed by atoms with Gasteiger partial charge in [-0.05, 0) is 13.3 Å². The predicted molar refractivity (Wildman–Crippen MR) is 61.6 cm³/mol. The van der Waals surface area contributed by atoms with E-state index in [2.05, 4.69) is 4.74 Å². The van der Waals surface area contributed by atoms with Gasteiger partial charge in [0.2, 0.25) is 7.37 Å². The third kappa shape index (κ3) is 6.99. The molecule has 0 aromatic carbocycles. The van der Waals surface area contributed by atoms with Crippen molar-refractivity contribution in [2.75, 3.05) is 18.9 Å². The molecular formula is C10H21O5P. The molecule has 0 bridgehead atoms. The SMILES string of the molecule is CCCCOP(=O)(CC)CC(=O)OC(C)O. The Morgan fingerprint density at radius 1 is 1.44 bits per heavy atom. The molecule has 2 atom stereocenters. The first-order valence-electron chi connectivity index (χ1n) is 5.53. The van der Waals surface area contributed by atoms with E-state index in [0.29, 0.717) is 12.8 Å². The van der Waals surface area contributed by atoms with Crippen LogP contribution in [0.15, 0.2) is 0 Å². The average molecular weight is 252 g/mol. The minimum Gasteiger partial charge on any atom is -0.436 e. The third-order valence-electron chi connectivity index (χ3n) is 1.98. The van der Waals surface area contributed by atoms with Gasteiger partial charge in [-0.25, -0.2) is 0 Å².